The van der Waals surface area contributed by atoms with E-state index in [1.807, 2.05) is 62.9 Å². The molecule has 1 unspecified atom stereocenters. The second-order valence-electron chi connectivity index (χ2n) is 12.1. The standard InChI is InChI=1S/C28H36FN5O3/c1-19-8-6-7-9-20(19)21-10-12-30-23(32-13-11-27(5,29)14-32)22(21)31-24(35)33-15-28(16-33)17-34(18-28)25(36)37-26(2,3)4/h6-10,12H,11,13-18H2,1-5H3,(H,31,35). The minimum atomic E-state index is -1.30. The number of pyridine rings is 1. The molecule has 9 heteroatoms. The van der Waals surface area contributed by atoms with Crippen LogP contribution in [-0.4, -0.2) is 77.4 Å². The van der Waals surface area contributed by atoms with Gasteiger partial charge in [-0.05, 0) is 51.8 Å². The van der Waals surface area contributed by atoms with Crippen LogP contribution in [0.4, 0.5) is 25.5 Å². The lowest BCUT2D eigenvalue weighted by molar-refractivity contribution is -0.0935. The number of carbonyl (C=O) groups excluding carboxylic acids is 2. The minimum Gasteiger partial charge on any atom is -0.444 e. The van der Waals surface area contributed by atoms with Gasteiger partial charge >= 0.3 is 12.1 Å². The fraction of sp³-hybridized carbons (Fsp3) is 0.536. The van der Waals surface area contributed by atoms with Crippen molar-refractivity contribution in [2.75, 3.05) is 49.5 Å². The molecule has 1 aromatic heterocycles. The molecule has 37 heavy (non-hydrogen) atoms. The third-order valence-corrected chi connectivity index (χ3v) is 7.37. The average Bonchev–Trinajstić information content (AvgIpc) is 3.10. The number of halogens is 1. The molecular weight excluding hydrogens is 473 g/mol. The maximum absolute atomic E-state index is 14.7. The van der Waals surface area contributed by atoms with Crippen LogP contribution in [0, 0.1) is 12.3 Å². The number of aromatic nitrogens is 1. The van der Waals surface area contributed by atoms with Crippen molar-refractivity contribution in [2.45, 2.75) is 52.3 Å². The summed E-state index contributed by atoms with van der Waals surface area (Å²) in [7, 11) is 0. The molecule has 3 saturated heterocycles. The molecule has 3 aliphatic heterocycles. The van der Waals surface area contributed by atoms with E-state index in [4.69, 9.17) is 4.74 Å². The van der Waals surface area contributed by atoms with Crippen LogP contribution in [0.1, 0.15) is 39.7 Å². The van der Waals surface area contributed by atoms with Crippen LogP contribution in [-0.2, 0) is 4.74 Å². The predicted molar refractivity (Wildman–Crippen MR) is 142 cm³/mol. The number of urea groups is 1. The predicted octanol–water partition coefficient (Wildman–Crippen LogP) is 5.08. The second-order valence-corrected chi connectivity index (χ2v) is 12.1. The minimum absolute atomic E-state index is 0.0736. The fourth-order valence-corrected chi connectivity index (χ4v) is 5.53. The first kappa shape index (κ1) is 25.3. The smallest absolute Gasteiger partial charge is 0.410 e. The Morgan fingerprint density at radius 1 is 1.03 bits per heavy atom. The number of carbonyl (C=O) groups is 2. The Kier molecular flexibility index (Phi) is 6.08. The Morgan fingerprint density at radius 3 is 2.32 bits per heavy atom. The van der Waals surface area contributed by atoms with Crippen molar-refractivity contribution in [3.63, 3.8) is 0 Å². The van der Waals surface area contributed by atoms with Crippen molar-refractivity contribution >= 4 is 23.6 Å². The SMILES string of the molecule is Cc1ccccc1-c1ccnc(N2CCC(C)(F)C2)c1NC(=O)N1CC2(C1)CN(C(=O)OC(C)(C)C)C2. The van der Waals surface area contributed by atoms with E-state index < -0.39 is 11.3 Å². The van der Waals surface area contributed by atoms with Crippen LogP contribution in [0.15, 0.2) is 36.5 Å². The number of benzene rings is 1. The highest BCUT2D eigenvalue weighted by Gasteiger charge is 2.55. The van der Waals surface area contributed by atoms with E-state index in [1.54, 1.807) is 22.9 Å². The van der Waals surface area contributed by atoms with E-state index in [0.717, 1.165) is 16.7 Å². The van der Waals surface area contributed by atoms with Gasteiger partial charge in [0.1, 0.15) is 11.3 Å². The zero-order valence-electron chi connectivity index (χ0n) is 22.3. The van der Waals surface area contributed by atoms with Crippen LogP contribution in [0.2, 0.25) is 0 Å². The third-order valence-electron chi connectivity index (χ3n) is 7.37. The quantitative estimate of drug-likeness (QED) is 0.624. The third kappa shape index (κ3) is 5.08. The molecule has 0 radical (unpaired) electrons. The van der Waals surface area contributed by atoms with Crippen molar-refractivity contribution in [3.05, 3.63) is 42.1 Å². The number of rotatable bonds is 3. The van der Waals surface area contributed by atoms with Gasteiger partial charge in [-0.25, -0.2) is 19.0 Å². The van der Waals surface area contributed by atoms with Crippen LogP contribution in [0.5, 0.6) is 0 Å². The lowest BCUT2D eigenvalue weighted by atomic mass is 9.73. The zero-order chi connectivity index (χ0) is 26.6. The lowest BCUT2D eigenvalue weighted by Gasteiger charge is -2.59. The maximum atomic E-state index is 14.7. The topological polar surface area (TPSA) is 78.0 Å². The molecule has 1 aromatic carbocycles. The van der Waals surface area contributed by atoms with E-state index in [0.29, 0.717) is 50.6 Å². The summed E-state index contributed by atoms with van der Waals surface area (Å²) in [6.45, 7) is 12.3. The number of nitrogens with zero attached hydrogens (tertiary/aromatic N) is 4. The Bertz CT molecular complexity index is 1210. The van der Waals surface area contributed by atoms with E-state index in [2.05, 4.69) is 10.3 Å². The summed E-state index contributed by atoms with van der Waals surface area (Å²) in [5.41, 5.74) is 1.63. The van der Waals surface area contributed by atoms with Gasteiger partial charge in [-0.3, -0.25) is 0 Å². The van der Waals surface area contributed by atoms with E-state index >= 15 is 0 Å². The van der Waals surface area contributed by atoms with Gasteiger partial charge in [-0.1, -0.05) is 24.3 Å². The Labute approximate surface area is 217 Å². The molecule has 198 valence electrons. The highest BCUT2D eigenvalue weighted by atomic mass is 19.1. The van der Waals surface area contributed by atoms with E-state index in [9.17, 15) is 14.0 Å². The number of hydrogen-bond donors (Lipinski definition) is 1. The molecule has 3 fully saturated rings. The maximum Gasteiger partial charge on any atom is 0.410 e. The lowest BCUT2D eigenvalue weighted by Crippen LogP contribution is -2.74. The van der Waals surface area contributed by atoms with Crippen LogP contribution >= 0.6 is 0 Å². The molecule has 1 N–H and O–H groups in total. The van der Waals surface area contributed by atoms with Gasteiger partial charge in [0, 0.05) is 56.3 Å². The van der Waals surface area contributed by atoms with Gasteiger partial charge < -0.3 is 24.8 Å². The summed E-state index contributed by atoms with van der Waals surface area (Å²) in [4.78, 5) is 35.6. The Balaban J connectivity index is 1.32. The number of anilines is 2. The molecule has 8 nitrogen and oxygen atoms in total. The number of alkyl halides is 1. The van der Waals surface area contributed by atoms with Gasteiger partial charge in [0.15, 0.2) is 5.82 Å². The fourth-order valence-electron chi connectivity index (χ4n) is 5.53. The highest BCUT2D eigenvalue weighted by Crippen LogP contribution is 2.42. The van der Waals surface area contributed by atoms with Gasteiger partial charge in [0.2, 0.25) is 0 Å². The Morgan fingerprint density at radius 2 is 1.70 bits per heavy atom. The van der Waals surface area contributed by atoms with Gasteiger partial charge in [0.05, 0.1) is 12.2 Å². The number of likely N-dealkylation sites (tertiary alicyclic amines) is 2. The first-order valence-corrected chi connectivity index (χ1v) is 12.9. The molecule has 4 heterocycles. The first-order valence-electron chi connectivity index (χ1n) is 12.9. The van der Waals surface area contributed by atoms with Crippen molar-refractivity contribution in [3.8, 4) is 11.1 Å². The molecule has 5 rings (SSSR count). The van der Waals surface area contributed by atoms with Gasteiger partial charge in [0.25, 0.3) is 0 Å². The summed E-state index contributed by atoms with van der Waals surface area (Å²) in [6.07, 6.45) is 1.83. The monoisotopic (exact) mass is 509 g/mol. The summed E-state index contributed by atoms with van der Waals surface area (Å²) < 4.78 is 20.2. The number of nitrogens with one attached hydrogen (secondary N) is 1. The highest BCUT2D eigenvalue weighted by molar-refractivity contribution is 5.99. The first-order chi connectivity index (χ1) is 17.3. The summed E-state index contributed by atoms with van der Waals surface area (Å²) in [5, 5.41) is 3.12. The van der Waals surface area contributed by atoms with Gasteiger partial charge in [-0.2, -0.15) is 0 Å². The second kappa shape index (κ2) is 8.89. The summed E-state index contributed by atoms with van der Waals surface area (Å²) in [5.74, 6) is 0.588. The largest absolute Gasteiger partial charge is 0.444 e. The molecule has 3 aliphatic rings. The molecule has 1 spiro atoms. The average molecular weight is 510 g/mol. The summed E-state index contributed by atoms with van der Waals surface area (Å²) in [6, 6.07) is 9.68. The van der Waals surface area contributed by atoms with Crippen molar-refractivity contribution in [1.29, 1.82) is 0 Å². The Hall–Kier alpha value is -3.36. The number of ether oxygens (including phenoxy) is 1. The zero-order valence-corrected chi connectivity index (χ0v) is 22.3. The normalized spacial score (nSPS) is 22.5. The number of hydrogen-bond acceptors (Lipinski definition) is 5. The van der Waals surface area contributed by atoms with Crippen molar-refractivity contribution in [2.24, 2.45) is 5.41 Å². The van der Waals surface area contributed by atoms with Gasteiger partial charge in [-0.15, -0.1) is 0 Å². The number of aryl methyl sites for hydroxylation is 1. The molecule has 0 saturated carbocycles. The molecule has 0 aliphatic carbocycles. The van der Waals surface area contributed by atoms with Crippen molar-refractivity contribution in [1.82, 2.24) is 14.8 Å². The van der Waals surface area contributed by atoms with Crippen LogP contribution in [0.3, 0.4) is 0 Å². The summed E-state index contributed by atoms with van der Waals surface area (Å²) >= 11 is 0. The van der Waals surface area contributed by atoms with Crippen LogP contribution in [0.25, 0.3) is 11.1 Å². The molecule has 0 bridgehead atoms. The van der Waals surface area contributed by atoms with Crippen LogP contribution < -0.4 is 10.2 Å². The number of amides is 3. The van der Waals surface area contributed by atoms with Crippen molar-refractivity contribution < 1.29 is 18.7 Å². The molecule has 2 aromatic rings. The molecular formula is C28H36FN5O3. The molecule has 1 atom stereocenters. The molecule has 3 amide bonds. The van der Waals surface area contributed by atoms with E-state index in [-0.39, 0.29) is 24.1 Å². The van der Waals surface area contributed by atoms with E-state index in [1.165, 1.54) is 0 Å².